The molecular formula is C26H29N3O3. The lowest BCUT2D eigenvalue weighted by molar-refractivity contribution is -0.0333. The van der Waals surface area contributed by atoms with Gasteiger partial charge in [0.15, 0.2) is 5.84 Å². The second kappa shape index (κ2) is 7.47. The van der Waals surface area contributed by atoms with Gasteiger partial charge in [-0.25, -0.2) is 0 Å². The fourth-order valence-electron chi connectivity index (χ4n) is 6.07. The maximum Gasteiger partial charge on any atom is 0.158 e. The van der Waals surface area contributed by atoms with Crippen molar-refractivity contribution < 1.29 is 13.9 Å². The molecule has 0 radical (unpaired) electrons. The van der Waals surface area contributed by atoms with Gasteiger partial charge in [-0.1, -0.05) is 0 Å². The lowest BCUT2D eigenvalue weighted by Crippen LogP contribution is -2.63. The SMILES string of the molecule is COc1ccc(CN2C(c3ccc4occc4c3)=NN[C@]23CC2CCC3CC2)c(OC)c1. The smallest absolute Gasteiger partial charge is 0.158 e. The number of methoxy groups -OCH3 is 2. The number of amidine groups is 1. The third-order valence-electron chi connectivity index (χ3n) is 7.75. The van der Waals surface area contributed by atoms with Gasteiger partial charge in [-0.05, 0) is 74.4 Å². The van der Waals surface area contributed by atoms with Crippen molar-refractivity contribution in [2.75, 3.05) is 14.2 Å². The molecule has 3 saturated carbocycles. The Balaban J connectivity index is 1.42. The van der Waals surface area contributed by atoms with Gasteiger partial charge in [0.2, 0.25) is 0 Å². The van der Waals surface area contributed by atoms with E-state index >= 15 is 0 Å². The third-order valence-corrected chi connectivity index (χ3v) is 7.75. The second-order valence-corrected chi connectivity index (χ2v) is 9.33. The van der Waals surface area contributed by atoms with Gasteiger partial charge < -0.3 is 18.8 Å². The molecule has 7 rings (SSSR count). The molecule has 1 atom stereocenters. The van der Waals surface area contributed by atoms with Gasteiger partial charge in [0, 0.05) is 28.5 Å². The van der Waals surface area contributed by atoms with Gasteiger partial charge in [-0.2, -0.15) is 5.10 Å². The summed E-state index contributed by atoms with van der Waals surface area (Å²) in [6, 6.07) is 14.4. The van der Waals surface area contributed by atoms with Crippen LogP contribution in [0.15, 0.2) is 58.2 Å². The molecule has 3 fully saturated rings. The minimum atomic E-state index is -0.132. The molecule has 6 heteroatoms. The van der Waals surface area contributed by atoms with Crippen molar-refractivity contribution in [3.8, 4) is 11.5 Å². The molecule has 166 valence electrons. The summed E-state index contributed by atoms with van der Waals surface area (Å²) in [5.74, 6) is 4.00. The molecule has 1 aromatic heterocycles. The topological polar surface area (TPSA) is 59.2 Å². The Morgan fingerprint density at radius 2 is 1.94 bits per heavy atom. The molecule has 1 N–H and O–H groups in total. The number of nitrogens with zero attached hydrogens (tertiary/aromatic N) is 2. The Hall–Kier alpha value is -3.15. The molecule has 6 nitrogen and oxygen atoms in total. The lowest BCUT2D eigenvalue weighted by atomic mass is 9.63. The highest BCUT2D eigenvalue weighted by atomic mass is 16.5. The first-order chi connectivity index (χ1) is 15.7. The molecule has 4 aliphatic rings. The van der Waals surface area contributed by atoms with E-state index in [0.29, 0.717) is 5.92 Å². The zero-order valence-electron chi connectivity index (χ0n) is 18.6. The summed E-state index contributed by atoms with van der Waals surface area (Å²) in [6.45, 7) is 0.728. The summed E-state index contributed by atoms with van der Waals surface area (Å²) >= 11 is 0. The number of furan rings is 1. The summed E-state index contributed by atoms with van der Waals surface area (Å²) in [5.41, 5.74) is 6.66. The van der Waals surface area contributed by atoms with Crippen LogP contribution < -0.4 is 14.9 Å². The Morgan fingerprint density at radius 3 is 2.69 bits per heavy atom. The molecule has 1 spiro atoms. The van der Waals surface area contributed by atoms with Crippen molar-refractivity contribution in [2.24, 2.45) is 16.9 Å². The zero-order valence-corrected chi connectivity index (χ0v) is 18.6. The number of hydrazone groups is 1. The van der Waals surface area contributed by atoms with Crippen LogP contribution in [0.4, 0.5) is 0 Å². The fraction of sp³-hybridized carbons (Fsp3) is 0.423. The van der Waals surface area contributed by atoms with Crippen molar-refractivity contribution in [1.82, 2.24) is 10.3 Å². The standard InChI is InChI=1S/C26H29N3O3/c1-30-22-9-5-20(24(14-22)31-2)16-29-25(19-6-10-23-18(13-19)11-12-32-23)27-28-26(29)15-17-3-7-21(26)8-4-17/h5-6,9-14,17,21,28H,3-4,7-8,15-16H2,1-2H3/t17?,21?,26-/m1/s1. The van der Waals surface area contributed by atoms with Crippen LogP contribution in [-0.4, -0.2) is 30.6 Å². The van der Waals surface area contributed by atoms with Crippen molar-refractivity contribution in [2.45, 2.75) is 44.3 Å². The van der Waals surface area contributed by atoms with E-state index in [-0.39, 0.29) is 5.66 Å². The highest BCUT2D eigenvalue weighted by Crippen LogP contribution is 2.51. The van der Waals surface area contributed by atoms with Gasteiger partial charge in [0.25, 0.3) is 0 Å². The number of fused-ring (bicyclic) bond motifs is 3. The summed E-state index contributed by atoms with van der Waals surface area (Å²) in [5, 5.41) is 6.05. The monoisotopic (exact) mass is 431 g/mol. The van der Waals surface area contributed by atoms with E-state index in [1.165, 1.54) is 25.7 Å². The normalized spacial score (nSPS) is 26.4. The van der Waals surface area contributed by atoms with Crippen LogP contribution in [0.2, 0.25) is 0 Å². The summed E-state index contributed by atoms with van der Waals surface area (Å²) in [4.78, 5) is 2.51. The molecule has 2 heterocycles. The molecule has 3 aromatic rings. The molecule has 0 unspecified atom stereocenters. The number of hydrogen-bond acceptors (Lipinski definition) is 6. The van der Waals surface area contributed by atoms with Gasteiger partial charge in [-0.15, -0.1) is 0 Å². The van der Waals surface area contributed by atoms with Crippen LogP contribution in [0.25, 0.3) is 11.0 Å². The average molecular weight is 432 g/mol. The van der Waals surface area contributed by atoms with Crippen molar-refractivity contribution >= 4 is 16.8 Å². The van der Waals surface area contributed by atoms with E-state index in [1.807, 2.05) is 24.3 Å². The molecule has 1 aliphatic heterocycles. The summed E-state index contributed by atoms with van der Waals surface area (Å²) in [6.07, 6.45) is 8.07. The van der Waals surface area contributed by atoms with Gasteiger partial charge in [0.05, 0.1) is 27.0 Å². The Labute approximate surface area is 188 Å². The summed E-state index contributed by atoms with van der Waals surface area (Å²) < 4.78 is 16.7. The third kappa shape index (κ3) is 2.96. The van der Waals surface area contributed by atoms with E-state index in [2.05, 4.69) is 28.5 Å². The van der Waals surface area contributed by atoms with Crippen LogP contribution in [-0.2, 0) is 6.54 Å². The number of ether oxygens (including phenoxy) is 2. The number of nitrogens with one attached hydrogen (secondary N) is 1. The molecule has 2 bridgehead atoms. The van der Waals surface area contributed by atoms with Crippen LogP contribution in [0.5, 0.6) is 11.5 Å². The van der Waals surface area contributed by atoms with Crippen molar-refractivity contribution in [3.63, 3.8) is 0 Å². The highest BCUT2D eigenvalue weighted by molar-refractivity contribution is 6.02. The predicted octanol–water partition coefficient (Wildman–Crippen LogP) is 5.12. The Kier molecular flexibility index (Phi) is 4.56. The van der Waals surface area contributed by atoms with Crippen molar-refractivity contribution in [1.29, 1.82) is 0 Å². The van der Waals surface area contributed by atoms with Crippen LogP contribution >= 0.6 is 0 Å². The van der Waals surface area contributed by atoms with Gasteiger partial charge in [0.1, 0.15) is 22.7 Å². The first kappa shape index (κ1) is 19.5. The first-order valence-electron chi connectivity index (χ1n) is 11.5. The highest BCUT2D eigenvalue weighted by Gasteiger charge is 2.54. The van der Waals surface area contributed by atoms with E-state index in [0.717, 1.165) is 58.3 Å². The Morgan fingerprint density at radius 1 is 1.06 bits per heavy atom. The van der Waals surface area contributed by atoms with Crippen molar-refractivity contribution in [3.05, 3.63) is 59.9 Å². The molecule has 0 saturated heterocycles. The van der Waals surface area contributed by atoms with Crippen LogP contribution in [0.3, 0.4) is 0 Å². The maximum atomic E-state index is 5.74. The first-order valence-corrected chi connectivity index (χ1v) is 11.5. The largest absolute Gasteiger partial charge is 0.497 e. The Bertz CT molecular complexity index is 1180. The van der Waals surface area contributed by atoms with E-state index in [9.17, 15) is 0 Å². The van der Waals surface area contributed by atoms with E-state index in [4.69, 9.17) is 19.0 Å². The van der Waals surface area contributed by atoms with Crippen LogP contribution in [0.1, 0.15) is 43.2 Å². The number of hydrogen-bond donors (Lipinski definition) is 1. The second-order valence-electron chi connectivity index (χ2n) is 9.33. The fourth-order valence-corrected chi connectivity index (χ4v) is 6.07. The summed E-state index contributed by atoms with van der Waals surface area (Å²) in [7, 11) is 3.41. The van der Waals surface area contributed by atoms with Crippen LogP contribution in [0, 0.1) is 11.8 Å². The minimum Gasteiger partial charge on any atom is -0.497 e. The van der Waals surface area contributed by atoms with E-state index < -0.39 is 0 Å². The zero-order chi connectivity index (χ0) is 21.7. The predicted molar refractivity (Wildman–Crippen MR) is 124 cm³/mol. The quantitative estimate of drug-likeness (QED) is 0.607. The van der Waals surface area contributed by atoms with E-state index in [1.54, 1.807) is 20.5 Å². The number of rotatable bonds is 5. The maximum absolute atomic E-state index is 5.74. The van der Waals surface area contributed by atoms with Gasteiger partial charge in [-0.3, -0.25) is 5.43 Å². The average Bonchev–Trinajstić information content (AvgIpc) is 3.45. The molecular weight excluding hydrogens is 402 g/mol. The number of benzene rings is 2. The molecule has 32 heavy (non-hydrogen) atoms. The lowest BCUT2D eigenvalue weighted by Gasteiger charge is -2.54. The van der Waals surface area contributed by atoms with Gasteiger partial charge >= 0.3 is 0 Å². The molecule has 0 amide bonds. The minimum absolute atomic E-state index is 0.132. The molecule has 2 aromatic carbocycles. The molecule has 3 aliphatic carbocycles.